The van der Waals surface area contributed by atoms with Crippen LogP contribution in [-0.2, 0) is 16.1 Å². The molecule has 0 fully saturated rings. The third-order valence-electron chi connectivity index (χ3n) is 3.75. The molecule has 1 N–H and O–H groups in total. The maximum Gasteiger partial charge on any atom is 0.343 e. The van der Waals surface area contributed by atoms with Crippen molar-refractivity contribution in [2.45, 2.75) is 6.61 Å². The predicted octanol–water partition coefficient (Wildman–Crippen LogP) is 3.63. The largest absolute Gasteiger partial charge is 0.460 e. The molecule has 3 aromatic rings. The lowest BCUT2D eigenvalue weighted by atomic mass is 10.1. The van der Waals surface area contributed by atoms with Gasteiger partial charge in [-0.2, -0.15) is 0 Å². The van der Waals surface area contributed by atoms with Crippen LogP contribution in [0.3, 0.4) is 0 Å². The molecule has 0 aliphatic rings. The van der Waals surface area contributed by atoms with E-state index in [1.807, 2.05) is 0 Å². The minimum absolute atomic E-state index is 0.00195. The zero-order valence-electron chi connectivity index (χ0n) is 15.1. The van der Waals surface area contributed by atoms with Gasteiger partial charge in [-0.05, 0) is 54.1 Å². The van der Waals surface area contributed by atoms with Crippen molar-refractivity contribution >= 4 is 29.4 Å². The fourth-order valence-corrected chi connectivity index (χ4v) is 2.39. The van der Waals surface area contributed by atoms with Crippen LogP contribution in [0.15, 0.2) is 71.3 Å². The van der Waals surface area contributed by atoms with Gasteiger partial charge in [0.2, 0.25) is 0 Å². The van der Waals surface area contributed by atoms with E-state index in [1.54, 1.807) is 54.6 Å². The van der Waals surface area contributed by atoms with E-state index in [2.05, 4.69) is 5.32 Å². The molecule has 0 saturated heterocycles. The summed E-state index contributed by atoms with van der Waals surface area (Å²) >= 11 is 5.79. The van der Waals surface area contributed by atoms with Gasteiger partial charge < -0.3 is 19.2 Å². The van der Waals surface area contributed by atoms with E-state index < -0.39 is 17.8 Å². The van der Waals surface area contributed by atoms with Gasteiger partial charge in [-0.25, -0.2) is 4.79 Å². The van der Waals surface area contributed by atoms with Crippen molar-refractivity contribution < 1.29 is 28.3 Å². The number of hydrogen-bond acceptors (Lipinski definition) is 6. The highest BCUT2D eigenvalue weighted by atomic mass is 35.5. The third-order valence-corrected chi connectivity index (χ3v) is 4.00. The molecule has 0 spiro atoms. The van der Waals surface area contributed by atoms with Gasteiger partial charge in [-0.3, -0.25) is 9.59 Å². The van der Waals surface area contributed by atoms with Crippen LogP contribution in [0.4, 0.5) is 0 Å². The molecule has 1 amide bonds. The first-order valence-electron chi connectivity index (χ1n) is 8.55. The normalized spacial score (nSPS) is 10.2. The second-order valence-electron chi connectivity index (χ2n) is 5.86. The number of carbonyl (C=O) groups is 3. The summed E-state index contributed by atoms with van der Waals surface area (Å²) in [5.74, 6) is -1.13. The Bertz CT molecular complexity index is 981. The molecule has 29 heavy (non-hydrogen) atoms. The molecule has 0 saturated carbocycles. The van der Waals surface area contributed by atoms with Crippen molar-refractivity contribution in [2.24, 2.45) is 0 Å². The molecule has 0 atom stereocenters. The van der Waals surface area contributed by atoms with Crippen molar-refractivity contribution in [3.05, 3.63) is 88.8 Å². The number of amides is 1. The third kappa shape index (κ3) is 5.95. The van der Waals surface area contributed by atoms with Crippen LogP contribution < -0.4 is 10.1 Å². The molecular formula is C21H16ClNO6. The molecule has 1 heterocycles. The highest BCUT2D eigenvalue weighted by molar-refractivity contribution is 6.30. The quantitative estimate of drug-likeness (QED) is 0.469. The number of rotatable bonds is 7. The van der Waals surface area contributed by atoms with E-state index >= 15 is 0 Å². The monoisotopic (exact) mass is 413 g/mol. The number of ether oxygens (including phenoxy) is 2. The SMILES string of the molecule is O=C(CNC(=O)c1ccco1)OCc1ccc(C(=O)Oc2ccc(Cl)cc2)cc1. The van der Waals surface area contributed by atoms with Crippen molar-refractivity contribution in [1.29, 1.82) is 0 Å². The van der Waals surface area contributed by atoms with Crippen LogP contribution in [0.5, 0.6) is 5.75 Å². The fourth-order valence-electron chi connectivity index (χ4n) is 2.27. The van der Waals surface area contributed by atoms with Crippen LogP contribution in [0.1, 0.15) is 26.5 Å². The number of halogens is 1. The van der Waals surface area contributed by atoms with Crippen LogP contribution in [0, 0.1) is 0 Å². The Kier molecular flexibility index (Phi) is 6.65. The van der Waals surface area contributed by atoms with Gasteiger partial charge in [0.15, 0.2) is 5.76 Å². The molecule has 0 radical (unpaired) electrons. The summed E-state index contributed by atoms with van der Waals surface area (Å²) < 4.78 is 15.3. The van der Waals surface area contributed by atoms with Crippen LogP contribution in [0.25, 0.3) is 0 Å². The van der Waals surface area contributed by atoms with Gasteiger partial charge in [0.25, 0.3) is 5.91 Å². The smallest absolute Gasteiger partial charge is 0.343 e. The summed E-state index contributed by atoms with van der Waals surface area (Å²) in [5.41, 5.74) is 1.03. The zero-order valence-corrected chi connectivity index (χ0v) is 15.8. The lowest BCUT2D eigenvalue weighted by molar-refractivity contribution is -0.143. The minimum Gasteiger partial charge on any atom is -0.460 e. The highest BCUT2D eigenvalue weighted by Gasteiger charge is 2.12. The van der Waals surface area contributed by atoms with Crippen molar-refractivity contribution in [1.82, 2.24) is 5.32 Å². The zero-order chi connectivity index (χ0) is 20.6. The van der Waals surface area contributed by atoms with E-state index in [1.165, 1.54) is 12.3 Å². The Hall–Kier alpha value is -3.58. The number of carbonyl (C=O) groups excluding carboxylic acids is 3. The van der Waals surface area contributed by atoms with E-state index in [4.69, 9.17) is 25.5 Å². The standard InChI is InChI=1S/C21H16ClNO6/c22-16-7-9-17(10-8-16)29-21(26)15-5-3-14(4-6-15)13-28-19(24)12-23-20(25)18-2-1-11-27-18/h1-11H,12-13H2,(H,23,25). The molecule has 1 aromatic heterocycles. The van der Waals surface area contributed by atoms with Crippen LogP contribution in [0.2, 0.25) is 5.02 Å². The Morgan fingerprint density at radius 3 is 2.34 bits per heavy atom. The van der Waals surface area contributed by atoms with E-state index in [0.29, 0.717) is 21.9 Å². The average Bonchev–Trinajstić information content (AvgIpc) is 3.27. The van der Waals surface area contributed by atoms with Crippen molar-refractivity contribution in [3.63, 3.8) is 0 Å². The van der Waals surface area contributed by atoms with Gasteiger partial charge in [0, 0.05) is 5.02 Å². The summed E-state index contributed by atoms with van der Waals surface area (Å²) in [7, 11) is 0. The van der Waals surface area contributed by atoms with Gasteiger partial charge in [-0.15, -0.1) is 0 Å². The number of esters is 2. The first-order chi connectivity index (χ1) is 14.0. The summed E-state index contributed by atoms with van der Waals surface area (Å²) in [6.07, 6.45) is 1.36. The molecule has 0 unspecified atom stereocenters. The average molecular weight is 414 g/mol. The minimum atomic E-state index is -0.601. The number of benzene rings is 2. The topological polar surface area (TPSA) is 94.8 Å². The second kappa shape index (κ2) is 9.57. The first-order valence-corrected chi connectivity index (χ1v) is 8.93. The molecule has 7 nitrogen and oxygen atoms in total. The summed E-state index contributed by atoms with van der Waals surface area (Å²) in [6, 6.07) is 15.9. The number of nitrogens with one attached hydrogen (secondary N) is 1. The van der Waals surface area contributed by atoms with E-state index in [9.17, 15) is 14.4 Å². The second-order valence-corrected chi connectivity index (χ2v) is 6.30. The predicted molar refractivity (Wildman–Crippen MR) is 104 cm³/mol. The Labute approximate surface area is 171 Å². The van der Waals surface area contributed by atoms with Crippen LogP contribution in [-0.4, -0.2) is 24.4 Å². The molecule has 2 aromatic carbocycles. The molecule has 148 valence electrons. The maximum atomic E-state index is 12.1. The number of hydrogen-bond donors (Lipinski definition) is 1. The van der Waals surface area contributed by atoms with Gasteiger partial charge >= 0.3 is 11.9 Å². The molecule has 3 rings (SSSR count). The molecule has 0 aliphatic carbocycles. The summed E-state index contributed by atoms with van der Waals surface area (Å²) in [4.78, 5) is 35.5. The molecule has 0 bridgehead atoms. The van der Waals surface area contributed by atoms with Crippen molar-refractivity contribution in [2.75, 3.05) is 6.54 Å². The Balaban J connectivity index is 1.45. The Morgan fingerprint density at radius 2 is 1.69 bits per heavy atom. The first kappa shape index (κ1) is 20.2. The molecule has 0 aliphatic heterocycles. The lowest BCUT2D eigenvalue weighted by Crippen LogP contribution is -2.30. The summed E-state index contributed by atoms with van der Waals surface area (Å²) in [5, 5.41) is 2.94. The van der Waals surface area contributed by atoms with E-state index in [0.717, 1.165) is 0 Å². The molecular weight excluding hydrogens is 398 g/mol. The Morgan fingerprint density at radius 1 is 0.966 bits per heavy atom. The number of furan rings is 1. The van der Waals surface area contributed by atoms with Gasteiger partial charge in [-0.1, -0.05) is 23.7 Å². The maximum absolute atomic E-state index is 12.1. The van der Waals surface area contributed by atoms with Gasteiger partial charge in [0.05, 0.1) is 11.8 Å². The fraction of sp³-hybridized carbons (Fsp3) is 0.0952. The summed E-state index contributed by atoms with van der Waals surface area (Å²) in [6.45, 7) is -0.285. The highest BCUT2D eigenvalue weighted by Crippen LogP contribution is 2.17. The van der Waals surface area contributed by atoms with E-state index in [-0.39, 0.29) is 18.9 Å². The van der Waals surface area contributed by atoms with Gasteiger partial charge in [0.1, 0.15) is 18.9 Å². The lowest BCUT2D eigenvalue weighted by Gasteiger charge is -2.07. The van der Waals surface area contributed by atoms with Crippen molar-refractivity contribution in [3.8, 4) is 5.75 Å². The van der Waals surface area contributed by atoms with Crippen LogP contribution >= 0.6 is 11.6 Å². The molecule has 8 heteroatoms.